The first kappa shape index (κ1) is 17.6. The van der Waals surface area contributed by atoms with Crippen LogP contribution in [0.2, 0.25) is 0 Å². The van der Waals surface area contributed by atoms with Crippen LogP contribution in [0, 0.1) is 17.8 Å². The van der Waals surface area contributed by atoms with E-state index in [1.165, 1.54) is 48.9 Å². The molecule has 5 atom stereocenters. The molecule has 3 aliphatic carbocycles. The van der Waals surface area contributed by atoms with Crippen molar-refractivity contribution in [2.75, 3.05) is 5.32 Å². The molecule has 0 spiro atoms. The molecule has 1 aliphatic heterocycles. The van der Waals surface area contributed by atoms with Crippen LogP contribution in [-0.2, 0) is 0 Å². The van der Waals surface area contributed by atoms with Crippen molar-refractivity contribution in [1.82, 2.24) is 5.32 Å². The van der Waals surface area contributed by atoms with Crippen LogP contribution in [-0.4, -0.2) is 11.9 Å². The van der Waals surface area contributed by atoms with Gasteiger partial charge in [-0.3, -0.25) is 4.79 Å². The van der Waals surface area contributed by atoms with Crippen LogP contribution in [0.1, 0.15) is 78.4 Å². The Balaban J connectivity index is 1.35. The van der Waals surface area contributed by atoms with Gasteiger partial charge >= 0.3 is 0 Å². The lowest BCUT2D eigenvalue weighted by atomic mass is 9.68. The fourth-order valence-corrected chi connectivity index (χ4v) is 6.96. The van der Waals surface area contributed by atoms with Gasteiger partial charge in [-0.05, 0) is 85.1 Å². The number of anilines is 1. The topological polar surface area (TPSA) is 41.1 Å². The van der Waals surface area contributed by atoms with Crippen molar-refractivity contribution in [3.8, 4) is 0 Å². The Kier molecular flexibility index (Phi) is 4.18. The number of hydrogen-bond acceptors (Lipinski definition) is 2. The highest BCUT2D eigenvalue weighted by molar-refractivity contribution is 5.95. The fourth-order valence-electron chi connectivity index (χ4n) is 6.96. The van der Waals surface area contributed by atoms with E-state index in [9.17, 15) is 4.79 Å². The molecule has 1 heterocycles. The maximum Gasteiger partial charge on any atom is 0.251 e. The molecule has 2 aromatic rings. The summed E-state index contributed by atoms with van der Waals surface area (Å²) in [5, 5.41) is 7.15. The third-order valence-corrected chi connectivity index (χ3v) is 8.20. The summed E-state index contributed by atoms with van der Waals surface area (Å²) >= 11 is 0. The van der Waals surface area contributed by atoms with Crippen LogP contribution in [0.25, 0.3) is 0 Å². The van der Waals surface area contributed by atoms with E-state index in [1.54, 1.807) is 0 Å². The van der Waals surface area contributed by atoms with Crippen LogP contribution in [0.4, 0.5) is 5.69 Å². The zero-order valence-electron chi connectivity index (χ0n) is 16.9. The van der Waals surface area contributed by atoms with Gasteiger partial charge in [0.2, 0.25) is 0 Å². The first-order valence-electron chi connectivity index (χ1n) is 11.5. The Bertz CT molecular complexity index is 918. The summed E-state index contributed by atoms with van der Waals surface area (Å²) in [6.45, 7) is 0. The largest absolute Gasteiger partial charge is 0.378 e. The minimum absolute atomic E-state index is 0.115. The maximum atomic E-state index is 12.9. The molecule has 4 aliphatic rings. The van der Waals surface area contributed by atoms with E-state index < -0.39 is 0 Å². The number of amides is 1. The molecule has 0 aromatic heterocycles. The van der Waals surface area contributed by atoms with Gasteiger partial charge in [0.25, 0.3) is 5.91 Å². The fraction of sp³-hybridized carbons (Fsp3) is 0.500. The first-order valence-corrected chi connectivity index (χ1v) is 11.5. The van der Waals surface area contributed by atoms with Crippen molar-refractivity contribution in [2.45, 2.75) is 62.9 Å². The van der Waals surface area contributed by atoms with Crippen molar-refractivity contribution in [3.63, 3.8) is 0 Å². The third-order valence-electron chi connectivity index (χ3n) is 8.20. The summed E-state index contributed by atoms with van der Waals surface area (Å²) in [5.74, 6) is 2.95. The van der Waals surface area contributed by atoms with Gasteiger partial charge in [0, 0.05) is 17.3 Å². The molecule has 6 rings (SSSR count). The Morgan fingerprint density at radius 3 is 2.55 bits per heavy atom. The van der Waals surface area contributed by atoms with Crippen LogP contribution < -0.4 is 10.6 Å². The molecular weight excluding hydrogens is 356 g/mol. The standard InChI is InChI=1S/C26H30N2O/c29-26(27-20-8-4-5-9-20)19-12-13-22-21(15-19)23-17-10-11-18(14-17)24(23)25(28-22)16-6-2-1-3-7-16/h1-3,6-7,12-13,15,17-18,20,23-25,28H,4-5,8-11,14H2,(H,27,29)/t17-,18-,23+,24+,25-/m0/s1. The number of carbonyl (C=O) groups excluding carboxylic acids is 1. The van der Waals surface area contributed by atoms with Gasteiger partial charge in [-0.25, -0.2) is 0 Å². The van der Waals surface area contributed by atoms with Crippen LogP contribution >= 0.6 is 0 Å². The summed E-state index contributed by atoms with van der Waals surface area (Å²) in [5.41, 5.74) is 4.89. The van der Waals surface area contributed by atoms with E-state index in [-0.39, 0.29) is 5.91 Å². The highest BCUT2D eigenvalue weighted by Gasteiger charge is 2.53. The average Bonchev–Trinajstić information content (AvgIpc) is 3.51. The van der Waals surface area contributed by atoms with Crippen LogP contribution in [0.5, 0.6) is 0 Å². The predicted octanol–water partition coefficient (Wildman–Crippen LogP) is 5.66. The Hall–Kier alpha value is -2.29. The molecular formula is C26H30N2O. The number of hydrogen-bond donors (Lipinski definition) is 2. The zero-order valence-corrected chi connectivity index (χ0v) is 16.9. The van der Waals surface area contributed by atoms with Crippen molar-refractivity contribution >= 4 is 11.6 Å². The van der Waals surface area contributed by atoms with Crippen molar-refractivity contribution in [3.05, 3.63) is 65.2 Å². The van der Waals surface area contributed by atoms with Gasteiger partial charge in [0.15, 0.2) is 0 Å². The van der Waals surface area contributed by atoms with Gasteiger partial charge in [-0.1, -0.05) is 43.2 Å². The van der Waals surface area contributed by atoms with Crippen LogP contribution in [0.3, 0.4) is 0 Å². The van der Waals surface area contributed by atoms with Crippen molar-refractivity contribution in [2.24, 2.45) is 17.8 Å². The molecule has 2 aromatic carbocycles. The van der Waals surface area contributed by atoms with Gasteiger partial charge in [-0.15, -0.1) is 0 Å². The van der Waals surface area contributed by atoms with Gasteiger partial charge in [-0.2, -0.15) is 0 Å². The van der Waals surface area contributed by atoms with Crippen LogP contribution in [0.15, 0.2) is 48.5 Å². The number of carbonyl (C=O) groups is 1. The molecule has 2 bridgehead atoms. The number of benzene rings is 2. The van der Waals surface area contributed by atoms with Gasteiger partial charge in [0.05, 0.1) is 6.04 Å². The zero-order chi connectivity index (χ0) is 19.4. The van der Waals surface area contributed by atoms with E-state index in [2.05, 4.69) is 53.1 Å². The predicted molar refractivity (Wildman–Crippen MR) is 116 cm³/mol. The number of fused-ring (bicyclic) bond motifs is 7. The monoisotopic (exact) mass is 386 g/mol. The molecule has 3 saturated carbocycles. The number of rotatable bonds is 3. The molecule has 2 N–H and O–H groups in total. The van der Waals surface area contributed by atoms with Crippen molar-refractivity contribution in [1.29, 1.82) is 0 Å². The molecule has 3 nitrogen and oxygen atoms in total. The summed E-state index contributed by atoms with van der Waals surface area (Å²) in [4.78, 5) is 12.9. The summed E-state index contributed by atoms with van der Waals surface area (Å²) in [7, 11) is 0. The number of nitrogens with one attached hydrogen (secondary N) is 2. The molecule has 1 amide bonds. The lowest BCUT2D eigenvalue weighted by Crippen LogP contribution is -2.36. The van der Waals surface area contributed by atoms with Crippen molar-refractivity contribution < 1.29 is 4.79 Å². The Morgan fingerprint density at radius 2 is 1.72 bits per heavy atom. The SMILES string of the molecule is O=C(NC1CCCC1)c1ccc2c(c1)[C@H]1[C@H]3CC[C@@H](C3)[C@H]1[C@H](c1ccccc1)N2. The van der Waals surface area contributed by atoms with Gasteiger partial charge in [0.1, 0.15) is 0 Å². The molecule has 29 heavy (non-hydrogen) atoms. The normalized spacial score (nSPS) is 32.5. The summed E-state index contributed by atoms with van der Waals surface area (Å²) < 4.78 is 0. The molecule has 3 fully saturated rings. The smallest absolute Gasteiger partial charge is 0.251 e. The lowest BCUT2D eigenvalue weighted by molar-refractivity contribution is 0.0937. The lowest BCUT2D eigenvalue weighted by Gasteiger charge is -2.43. The molecule has 150 valence electrons. The van der Waals surface area contributed by atoms with E-state index in [0.29, 0.717) is 23.9 Å². The van der Waals surface area contributed by atoms with E-state index in [0.717, 1.165) is 30.2 Å². The molecule has 3 heteroatoms. The highest BCUT2D eigenvalue weighted by Crippen LogP contribution is 2.63. The summed E-state index contributed by atoms with van der Waals surface area (Å²) in [6, 6.07) is 18.1. The third kappa shape index (κ3) is 2.89. The van der Waals surface area contributed by atoms with E-state index in [4.69, 9.17) is 0 Å². The first-order chi connectivity index (χ1) is 14.3. The second-order valence-electron chi connectivity index (χ2n) is 9.73. The molecule has 0 radical (unpaired) electrons. The van der Waals surface area contributed by atoms with E-state index >= 15 is 0 Å². The highest BCUT2D eigenvalue weighted by atomic mass is 16.1. The molecule has 0 unspecified atom stereocenters. The second-order valence-corrected chi connectivity index (χ2v) is 9.73. The van der Waals surface area contributed by atoms with Gasteiger partial charge < -0.3 is 10.6 Å². The molecule has 0 saturated heterocycles. The second kappa shape index (κ2) is 6.90. The Labute approximate surface area is 173 Å². The summed E-state index contributed by atoms with van der Waals surface area (Å²) in [6.07, 6.45) is 8.83. The minimum Gasteiger partial charge on any atom is -0.378 e. The average molecular weight is 387 g/mol. The van der Waals surface area contributed by atoms with E-state index in [1.807, 2.05) is 6.07 Å². The Morgan fingerprint density at radius 1 is 0.931 bits per heavy atom. The minimum atomic E-state index is 0.115. The maximum absolute atomic E-state index is 12.9. The quantitative estimate of drug-likeness (QED) is 0.715.